The average molecular weight is 371 g/mol. The zero-order valence-corrected chi connectivity index (χ0v) is 14.4. The van der Waals surface area contributed by atoms with E-state index < -0.39 is 21.7 Å². The van der Waals surface area contributed by atoms with E-state index in [1.165, 1.54) is 18.2 Å². The molecule has 2 rings (SSSR count). The van der Waals surface area contributed by atoms with Crippen LogP contribution in [0.5, 0.6) is 0 Å². The highest BCUT2D eigenvalue weighted by molar-refractivity contribution is 7.92. The number of halogens is 2. The fourth-order valence-electron chi connectivity index (χ4n) is 2.13. The molecule has 0 saturated carbocycles. The Morgan fingerprint density at radius 3 is 2.42 bits per heavy atom. The van der Waals surface area contributed by atoms with Gasteiger partial charge in [-0.2, -0.15) is 0 Å². The molecule has 0 radical (unpaired) electrons. The van der Waals surface area contributed by atoms with E-state index in [0.717, 1.165) is 10.6 Å². The van der Waals surface area contributed by atoms with Crippen molar-refractivity contribution in [2.24, 2.45) is 0 Å². The quantitative estimate of drug-likeness (QED) is 0.850. The first kappa shape index (κ1) is 18.2. The third-order valence-corrected chi connectivity index (χ3v) is 4.74. The Balaban J connectivity index is 2.09. The Bertz CT molecular complexity index is 843. The summed E-state index contributed by atoms with van der Waals surface area (Å²) < 4.78 is 38.6. The second-order valence-corrected chi connectivity index (χ2v) is 7.34. The maximum atomic E-state index is 13.5. The van der Waals surface area contributed by atoms with Crippen molar-refractivity contribution in [2.45, 2.75) is 0 Å². The van der Waals surface area contributed by atoms with Crippen LogP contribution < -0.4 is 9.62 Å². The highest BCUT2D eigenvalue weighted by Gasteiger charge is 2.20. The summed E-state index contributed by atoms with van der Waals surface area (Å²) >= 11 is 6.04. The number of anilines is 1. The van der Waals surface area contributed by atoms with E-state index in [1.807, 2.05) is 0 Å². The van der Waals surface area contributed by atoms with E-state index in [1.54, 1.807) is 30.3 Å². The van der Waals surface area contributed by atoms with Crippen molar-refractivity contribution in [1.29, 1.82) is 0 Å². The number of hydrogen-bond acceptors (Lipinski definition) is 3. The Morgan fingerprint density at radius 1 is 1.17 bits per heavy atom. The fourth-order valence-corrected chi connectivity index (χ4v) is 3.36. The lowest BCUT2D eigenvalue weighted by atomic mass is 10.2. The molecule has 128 valence electrons. The zero-order chi connectivity index (χ0) is 17.7. The molecule has 0 aliphatic heterocycles. The molecule has 8 heteroatoms. The topological polar surface area (TPSA) is 66.5 Å². The number of carbonyl (C=O) groups excluding carboxylic acids is 1. The normalized spacial score (nSPS) is 11.1. The van der Waals surface area contributed by atoms with Crippen molar-refractivity contribution >= 4 is 33.2 Å². The molecule has 0 fully saturated rings. The lowest BCUT2D eigenvalue weighted by molar-refractivity contribution is 0.0951. The van der Waals surface area contributed by atoms with Crippen molar-refractivity contribution in [3.05, 3.63) is 64.9 Å². The number of carbonyl (C=O) groups is 1. The summed E-state index contributed by atoms with van der Waals surface area (Å²) in [6.07, 6.45) is 1.05. The van der Waals surface area contributed by atoms with Gasteiger partial charge in [0.1, 0.15) is 5.82 Å². The minimum absolute atomic E-state index is 0.00542. The molecule has 0 spiro atoms. The highest BCUT2D eigenvalue weighted by atomic mass is 35.5. The van der Waals surface area contributed by atoms with Gasteiger partial charge in [-0.15, -0.1) is 0 Å². The van der Waals surface area contributed by atoms with Crippen LogP contribution in [-0.2, 0) is 10.0 Å². The molecule has 0 unspecified atom stereocenters. The predicted molar refractivity (Wildman–Crippen MR) is 92.4 cm³/mol. The maximum Gasteiger partial charge on any atom is 0.254 e. The Hall–Kier alpha value is -2.12. The third-order valence-electron chi connectivity index (χ3n) is 3.24. The van der Waals surface area contributed by atoms with Crippen LogP contribution in [0.4, 0.5) is 10.1 Å². The second-order valence-electron chi connectivity index (χ2n) is 5.02. The molecule has 5 nitrogen and oxygen atoms in total. The van der Waals surface area contributed by atoms with E-state index >= 15 is 0 Å². The van der Waals surface area contributed by atoms with Crippen molar-refractivity contribution in [3.63, 3.8) is 0 Å². The number of rotatable bonds is 6. The van der Waals surface area contributed by atoms with Gasteiger partial charge >= 0.3 is 0 Å². The SMILES string of the molecule is CS(=O)(=O)N(CCNC(=O)c1ccccc1F)c1ccccc1Cl. The second kappa shape index (κ2) is 7.63. The highest BCUT2D eigenvalue weighted by Crippen LogP contribution is 2.26. The molecule has 0 aliphatic rings. The lowest BCUT2D eigenvalue weighted by Gasteiger charge is -2.23. The first-order valence-electron chi connectivity index (χ1n) is 7.05. The van der Waals surface area contributed by atoms with E-state index in [2.05, 4.69) is 5.32 Å². The molecule has 0 aliphatic carbocycles. The van der Waals surface area contributed by atoms with Crippen LogP contribution >= 0.6 is 11.6 Å². The number of nitrogens with zero attached hydrogens (tertiary/aromatic N) is 1. The Morgan fingerprint density at radius 2 is 1.79 bits per heavy atom. The first-order chi connectivity index (χ1) is 11.3. The van der Waals surface area contributed by atoms with Crippen LogP contribution in [0.25, 0.3) is 0 Å². The van der Waals surface area contributed by atoms with Gasteiger partial charge in [-0.25, -0.2) is 12.8 Å². The summed E-state index contributed by atoms with van der Waals surface area (Å²) in [5, 5.41) is 2.78. The minimum Gasteiger partial charge on any atom is -0.350 e. The van der Waals surface area contributed by atoms with Gasteiger partial charge in [0.15, 0.2) is 0 Å². The Kier molecular flexibility index (Phi) is 5.80. The Labute approximate surface area is 145 Å². The van der Waals surface area contributed by atoms with Crippen molar-refractivity contribution in [1.82, 2.24) is 5.32 Å². The molecule has 0 heterocycles. The summed E-state index contributed by atoms with van der Waals surface area (Å²) in [5.74, 6) is -1.25. The van der Waals surface area contributed by atoms with Gasteiger partial charge in [0.25, 0.3) is 5.91 Å². The maximum absolute atomic E-state index is 13.5. The average Bonchev–Trinajstić information content (AvgIpc) is 2.52. The summed E-state index contributed by atoms with van der Waals surface area (Å²) in [6, 6.07) is 12.1. The number of para-hydroxylation sites is 1. The molecule has 2 aromatic carbocycles. The standard InChI is InChI=1S/C16H16ClFN2O3S/c1-24(22,23)20(15-9-5-3-7-13(15)17)11-10-19-16(21)12-6-2-4-8-14(12)18/h2-9H,10-11H2,1H3,(H,19,21). The number of sulfonamides is 1. The molecular formula is C16H16ClFN2O3S. The van der Waals surface area contributed by atoms with E-state index in [4.69, 9.17) is 11.6 Å². The van der Waals surface area contributed by atoms with E-state index in [-0.39, 0.29) is 23.7 Å². The monoisotopic (exact) mass is 370 g/mol. The molecular weight excluding hydrogens is 355 g/mol. The van der Waals surface area contributed by atoms with Crippen LogP contribution in [-0.4, -0.2) is 33.7 Å². The van der Waals surface area contributed by atoms with Crippen LogP contribution in [0.2, 0.25) is 5.02 Å². The van der Waals surface area contributed by atoms with Crippen molar-refractivity contribution in [3.8, 4) is 0 Å². The van der Waals surface area contributed by atoms with Gasteiger partial charge < -0.3 is 5.32 Å². The van der Waals surface area contributed by atoms with Gasteiger partial charge in [-0.3, -0.25) is 9.10 Å². The lowest BCUT2D eigenvalue weighted by Crippen LogP contribution is -2.38. The summed E-state index contributed by atoms with van der Waals surface area (Å²) in [5.41, 5.74) is 0.225. The predicted octanol–water partition coefficient (Wildman–Crippen LogP) is 2.68. The van der Waals surface area contributed by atoms with Crippen LogP contribution in [0, 0.1) is 5.82 Å². The number of hydrogen-bond donors (Lipinski definition) is 1. The van der Waals surface area contributed by atoms with Gasteiger partial charge in [0.05, 0.1) is 29.1 Å². The smallest absolute Gasteiger partial charge is 0.254 e. The molecule has 24 heavy (non-hydrogen) atoms. The number of amides is 1. The molecule has 0 bridgehead atoms. The summed E-state index contributed by atoms with van der Waals surface area (Å²) in [6.45, 7) is -0.0196. The molecule has 1 N–H and O–H groups in total. The summed E-state index contributed by atoms with van der Waals surface area (Å²) in [7, 11) is -3.59. The summed E-state index contributed by atoms with van der Waals surface area (Å²) in [4.78, 5) is 12.0. The molecule has 1 amide bonds. The largest absolute Gasteiger partial charge is 0.350 e. The number of nitrogens with one attached hydrogen (secondary N) is 1. The minimum atomic E-state index is -3.59. The molecule has 2 aromatic rings. The number of benzene rings is 2. The zero-order valence-electron chi connectivity index (χ0n) is 12.9. The van der Waals surface area contributed by atoms with Crippen LogP contribution in [0.15, 0.2) is 48.5 Å². The van der Waals surface area contributed by atoms with Gasteiger partial charge in [-0.1, -0.05) is 35.9 Å². The van der Waals surface area contributed by atoms with Gasteiger partial charge in [-0.05, 0) is 24.3 Å². The first-order valence-corrected chi connectivity index (χ1v) is 9.28. The van der Waals surface area contributed by atoms with Crippen LogP contribution in [0.3, 0.4) is 0 Å². The van der Waals surface area contributed by atoms with Gasteiger partial charge in [0.2, 0.25) is 10.0 Å². The molecule has 0 saturated heterocycles. The van der Waals surface area contributed by atoms with Crippen molar-refractivity contribution in [2.75, 3.05) is 23.7 Å². The molecule has 0 atom stereocenters. The van der Waals surface area contributed by atoms with Gasteiger partial charge in [0, 0.05) is 6.54 Å². The fraction of sp³-hybridized carbons (Fsp3) is 0.188. The molecule has 0 aromatic heterocycles. The van der Waals surface area contributed by atoms with E-state index in [9.17, 15) is 17.6 Å². The van der Waals surface area contributed by atoms with E-state index in [0.29, 0.717) is 5.69 Å². The van der Waals surface area contributed by atoms with Crippen LogP contribution in [0.1, 0.15) is 10.4 Å². The third kappa shape index (κ3) is 4.46. The van der Waals surface area contributed by atoms with Crippen molar-refractivity contribution < 1.29 is 17.6 Å².